The Kier molecular flexibility index (Phi) is 4.98. The standard InChI is InChI=1S/C21H19N3O3S.ClH/c1-24-10-8-19(23-24)17-12-15(28(25,26)14-5-3-2-4-6-14)11-16-18-13-22-9-7-20(18)27-21(16)17;/h2-6,8,10-12,22H,7,9,13H2,1H3;1H. The van der Waals surface area contributed by atoms with Crippen molar-refractivity contribution in [3.05, 3.63) is 66.1 Å². The summed E-state index contributed by atoms with van der Waals surface area (Å²) in [5.41, 5.74) is 3.11. The molecule has 4 aromatic rings. The highest BCUT2D eigenvalue weighted by atomic mass is 35.5. The van der Waals surface area contributed by atoms with Gasteiger partial charge in [0, 0.05) is 49.3 Å². The number of rotatable bonds is 3. The van der Waals surface area contributed by atoms with Gasteiger partial charge in [-0.05, 0) is 30.3 Å². The SMILES string of the molecule is Cl.Cn1ccc(-c2cc(S(=O)(=O)c3ccccc3)cc3c4c(oc23)CCNC4)n1. The number of hydrogen-bond acceptors (Lipinski definition) is 5. The number of sulfone groups is 1. The van der Waals surface area contributed by atoms with E-state index >= 15 is 0 Å². The Morgan fingerprint density at radius 3 is 2.62 bits per heavy atom. The average molecular weight is 430 g/mol. The summed E-state index contributed by atoms with van der Waals surface area (Å²) in [6.45, 7) is 1.51. The van der Waals surface area contributed by atoms with Gasteiger partial charge in [0.05, 0.1) is 15.5 Å². The normalized spacial score (nSPS) is 13.8. The van der Waals surface area contributed by atoms with Crippen LogP contribution in [0.15, 0.2) is 68.9 Å². The number of aryl methyl sites for hydroxylation is 1. The fourth-order valence-electron chi connectivity index (χ4n) is 3.72. The Morgan fingerprint density at radius 2 is 1.90 bits per heavy atom. The van der Waals surface area contributed by atoms with Crippen LogP contribution in [0.25, 0.3) is 22.2 Å². The molecule has 2 aromatic heterocycles. The second-order valence-electron chi connectivity index (χ2n) is 6.97. The number of benzene rings is 2. The van der Waals surface area contributed by atoms with Crippen molar-refractivity contribution in [2.24, 2.45) is 7.05 Å². The van der Waals surface area contributed by atoms with E-state index in [4.69, 9.17) is 4.42 Å². The van der Waals surface area contributed by atoms with Crippen molar-refractivity contribution >= 4 is 33.2 Å². The molecular formula is C21H20ClN3O3S. The highest BCUT2D eigenvalue weighted by molar-refractivity contribution is 7.91. The summed E-state index contributed by atoms with van der Waals surface area (Å²) in [7, 11) is -1.82. The number of furan rings is 1. The molecule has 0 atom stereocenters. The number of nitrogens with zero attached hydrogens (tertiary/aromatic N) is 2. The van der Waals surface area contributed by atoms with Crippen LogP contribution in [0.4, 0.5) is 0 Å². The summed E-state index contributed by atoms with van der Waals surface area (Å²) in [6, 6.07) is 13.8. The van der Waals surface area contributed by atoms with E-state index in [0.29, 0.717) is 23.4 Å². The van der Waals surface area contributed by atoms with Crippen LogP contribution in [0.2, 0.25) is 0 Å². The van der Waals surface area contributed by atoms with Gasteiger partial charge >= 0.3 is 0 Å². The summed E-state index contributed by atoms with van der Waals surface area (Å²) >= 11 is 0. The molecule has 1 aliphatic heterocycles. The lowest BCUT2D eigenvalue weighted by Gasteiger charge is -2.11. The molecule has 29 heavy (non-hydrogen) atoms. The van der Waals surface area contributed by atoms with Crippen molar-refractivity contribution in [2.75, 3.05) is 6.54 Å². The minimum atomic E-state index is -3.66. The molecule has 6 nitrogen and oxygen atoms in total. The van der Waals surface area contributed by atoms with Crippen LogP contribution >= 0.6 is 12.4 Å². The van der Waals surface area contributed by atoms with Crippen LogP contribution in [-0.4, -0.2) is 24.7 Å². The topological polar surface area (TPSA) is 77.1 Å². The first-order chi connectivity index (χ1) is 13.5. The number of halogens is 1. The summed E-state index contributed by atoms with van der Waals surface area (Å²) in [4.78, 5) is 0.526. The average Bonchev–Trinajstić information content (AvgIpc) is 3.31. The van der Waals surface area contributed by atoms with Crippen LogP contribution in [0.5, 0.6) is 0 Å². The zero-order valence-corrected chi connectivity index (χ0v) is 17.4. The molecule has 0 amide bonds. The van der Waals surface area contributed by atoms with Crippen molar-refractivity contribution < 1.29 is 12.8 Å². The smallest absolute Gasteiger partial charge is 0.206 e. The molecule has 0 saturated carbocycles. The highest BCUT2D eigenvalue weighted by Crippen LogP contribution is 2.38. The lowest BCUT2D eigenvalue weighted by molar-refractivity contribution is 0.501. The van der Waals surface area contributed by atoms with Crippen LogP contribution < -0.4 is 5.32 Å². The van der Waals surface area contributed by atoms with E-state index in [9.17, 15) is 8.42 Å². The molecule has 0 aliphatic carbocycles. The maximum Gasteiger partial charge on any atom is 0.206 e. The summed E-state index contributed by atoms with van der Waals surface area (Å²) in [5, 5.41) is 8.66. The molecule has 1 N–H and O–H groups in total. The molecule has 3 heterocycles. The molecular weight excluding hydrogens is 410 g/mol. The Bertz CT molecular complexity index is 1290. The fourth-order valence-corrected chi connectivity index (χ4v) is 5.06. The Morgan fingerprint density at radius 1 is 1.10 bits per heavy atom. The predicted octanol–water partition coefficient (Wildman–Crippen LogP) is 3.73. The summed E-state index contributed by atoms with van der Waals surface area (Å²) in [5.74, 6) is 0.917. The third kappa shape index (κ3) is 3.25. The van der Waals surface area contributed by atoms with Gasteiger partial charge < -0.3 is 9.73 Å². The number of fused-ring (bicyclic) bond motifs is 3. The van der Waals surface area contributed by atoms with Crippen LogP contribution in [-0.2, 0) is 29.9 Å². The molecule has 2 aromatic carbocycles. The molecule has 0 spiro atoms. The molecule has 0 radical (unpaired) electrons. The van der Waals surface area contributed by atoms with E-state index in [2.05, 4.69) is 10.4 Å². The van der Waals surface area contributed by atoms with Crippen LogP contribution in [0, 0.1) is 0 Å². The van der Waals surface area contributed by atoms with E-state index in [0.717, 1.165) is 29.7 Å². The van der Waals surface area contributed by atoms with Crippen LogP contribution in [0.3, 0.4) is 0 Å². The quantitative estimate of drug-likeness (QED) is 0.537. The fraction of sp³-hybridized carbons (Fsp3) is 0.190. The van der Waals surface area contributed by atoms with Crippen molar-refractivity contribution in [2.45, 2.75) is 22.8 Å². The van der Waals surface area contributed by atoms with Crippen LogP contribution in [0.1, 0.15) is 11.3 Å². The second-order valence-corrected chi connectivity index (χ2v) is 8.92. The Balaban J connectivity index is 0.00000205. The van der Waals surface area contributed by atoms with Crippen molar-refractivity contribution in [3.8, 4) is 11.3 Å². The van der Waals surface area contributed by atoms with Gasteiger partial charge in [-0.3, -0.25) is 4.68 Å². The molecule has 0 bridgehead atoms. The molecule has 1 aliphatic rings. The van der Waals surface area contributed by atoms with Gasteiger partial charge in [-0.25, -0.2) is 8.42 Å². The largest absolute Gasteiger partial charge is 0.460 e. The number of nitrogens with one attached hydrogen (secondary N) is 1. The van der Waals surface area contributed by atoms with Crippen molar-refractivity contribution in [3.63, 3.8) is 0 Å². The van der Waals surface area contributed by atoms with E-state index in [1.807, 2.05) is 19.3 Å². The lowest BCUT2D eigenvalue weighted by atomic mass is 10.0. The van der Waals surface area contributed by atoms with Gasteiger partial charge in [0.1, 0.15) is 11.3 Å². The third-order valence-corrected chi connectivity index (χ3v) is 6.88. The molecule has 5 rings (SSSR count). The van der Waals surface area contributed by atoms with E-state index in [1.54, 1.807) is 47.1 Å². The first-order valence-electron chi connectivity index (χ1n) is 9.13. The van der Waals surface area contributed by atoms with Gasteiger partial charge in [0.15, 0.2) is 0 Å². The minimum absolute atomic E-state index is 0. The molecule has 0 saturated heterocycles. The van der Waals surface area contributed by atoms with Crippen molar-refractivity contribution in [1.82, 2.24) is 15.1 Å². The van der Waals surface area contributed by atoms with Gasteiger partial charge in [0.25, 0.3) is 0 Å². The molecule has 150 valence electrons. The molecule has 8 heteroatoms. The first kappa shape index (κ1) is 19.7. The summed E-state index contributed by atoms with van der Waals surface area (Å²) in [6.07, 6.45) is 2.62. The second kappa shape index (κ2) is 7.33. The maximum absolute atomic E-state index is 13.3. The van der Waals surface area contributed by atoms with E-state index in [1.165, 1.54) is 0 Å². The van der Waals surface area contributed by atoms with Crippen molar-refractivity contribution in [1.29, 1.82) is 0 Å². The zero-order chi connectivity index (χ0) is 19.3. The van der Waals surface area contributed by atoms with Gasteiger partial charge in [0.2, 0.25) is 9.84 Å². The van der Waals surface area contributed by atoms with E-state index < -0.39 is 9.84 Å². The van der Waals surface area contributed by atoms with Gasteiger partial charge in [-0.15, -0.1) is 12.4 Å². The van der Waals surface area contributed by atoms with Gasteiger partial charge in [-0.2, -0.15) is 5.10 Å². The first-order valence-corrected chi connectivity index (χ1v) is 10.6. The highest BCUT2D eigenvalue weighted by Gasteiger charge is 2.26. The Labute approximate surface area is 174 Å². The van der Waals surface area contributed by atoms with Gasteiger partial charge in [-0.1, -0.05) is 18.2 Å². The number of hydrogen-bond donors (Lipinski definition) is 1. The Hall–Kier alpha value is -2.61. The molecule has 0 fully saturated rings. The summed E-state index contributed by atoms with van der Waals surface area (Å²) < 4.78 is 34.4. The number of aromatic nitrogens is 2. The third-order valence-electron chi connectivity index (χ3n) is 5.13. The molecule has 0 unspecified atom stereocenters. The maximum atomic E-state index is 13.3. The van der Waals surface area contributed by atoms with E-state index in [-0.39, 0.29) is 22.2 Å². The zero-order valence-electron chi connectivity index (χ0n) is 15.8. The lowest BCUT2D eigenvalue weighted by Crippen LogP contribution is -2.22. The predicted molar refractivity (Wildman–Crippen MR) is 113 cm³/mol. The minimum Gasteiger partial charge on any atom is -0.460 e. The monoisotopic (exact) mass is 429 g/mol.